The Morgan fingerprint density at radius 2 is 1.90 bits per heavy atom. The Morgan fingerprint density at radius 3 is 2.50 bits per heavy atom. The fourth-order valence-electron chi connectivity index (χ4n) is 3.22. The molecule has 3 N–H and O–H groups in total. The molecule has 20 heavy (non-hydrogen) atoms. The highest BCUT2D eigenvalue weighted by molar-refractivity contribution is 6.45. The van der Waals surface area contributed by atoms with Gasteiger partial charge in [-0.15, -0.1) is 0 Å². The van der Waals surface area contributed by atoms with E-state index >= 15 is 0 Å². The number of hydrogen-bond acceptors (Lipinski definition) is 3. The van der Waals surface area contributed by atoms with Crippen LogP contribution in [0.3, 0.4) is 0 Å². The lowest BCUT2D eigenvalue weighted by Gasteiger charge is -2.19. The third-order valence-corrected chi connectivity index (χ3v) is 4.85. The summed E-state index contributed by atoms with van der Waals surface area (Å²) in [5, 5.41) is 9.74. The van der Waals surface area contributed by atoms with Crippen LogP contribution in [-0.2, 0) is 19.3 Å². The van der Waals surface area contributed by atoms with Gasteiger partial charge >= 0.3 is 7.05 Å². The van der Waals surface area contributed by atoms with Crippen molar-refractivity contribution in [2.24, 2.45) is 5.92 Å². The van der Waals surface area contributed by atoms with Crippen LogP contribution in [0.15, 0.2) is 12.1 Å². The number of aryl methyl sites for hydroxylation is 1. The van der Waals surface area contributed by atoms with Crippen molar-refractivity contribution in [3.05, 3.63) is 28.8 Å². The summed E-state index contributed by atoms with van der Waals surface area (Å²) < 4.78 is 0. The van der Waals surface area contributed by atoms with Crippen molar-refractivity contribution in [2.45, 2.75) is 45.3 Å². The summed E-state index contributed by atoms with van der Waals surface area (Å²) in [6.07, 6.45) is 7.26. The van der Waals surface area contributed by atoms with E-state index in [1.807, 2.05) is 6.82 Å². The van der Waals surface area contributed by atoms with E-state index in [-0.39, 0.29) is 7.05 Å². The van der Waals surface area contributed by atoms with Gasteiger partial charge in [0.1, 0.15) is 0 Å². The van der Waals surface area contributed by atoms with Crippen LogP contribution >= 0.6 is 0 Å². The van der Waals surface area contributed by atoms with Crippen molar-refractivity contribution >= 4 is 12.7 Å². The molecule has 2 aliphatic rings. The Bertz CT molecular complexity index is 486. The average Bonchev–Trinajstić information content (AvgIpc) is 3.22. The second kappa shape index (κ2) is 5.78. The lowest BCUT2D eigenvalue weighted by molar-refractivity contribution is 0.379. The lowest BCUT2D eigenvalue weighted by atomic mass is 9.85. The molecule has 0 unspecified atom stereocenters. The molecule has 0 spiro atoms. The molecule has 0 amide bonds. The van der Waals surface area contributed by atoms with E-state index in [1.54, 1.807) is 0 Å². The molecule has 0 atom stereocenters. The zero-order valence-electron chi connectivity index (χ0n) is 12.4. The van der Waals surface area contributed by atoms with Crippen molar-refractivity contribution in [1.29, 1.82) is 0 Å². The van der Waals surface area contributed by atoms with Gasteiger partial charge in [0, 0.05) is 5.69 Å². The van der Waals surface area contributed by atoms with E-state index < -0.39 is 0 Å². The van der Waals surface area contributed by atoms with Gasteiger partial charge < -0.3 is 15.6 Å². The molecule has 3 nitrogen and oxygen atoms in total. The first-order valence-electron chi connectivity index (χ1n) is 7.95. The van der Waals surface area contributed by atoms with E-state index in [2.05, 4.69) is 16.9 Å². The van der Waals surface area contributed by atoms with Gasteiger partial charge in [0.05, 0.1) is 0 Å². The minimum absolute atomic E-state index is 0.351. The molecule has 4 heteroatoms. The number of fused-ring (bicyclic) bond motifs is 1. The van der Waals surface area contributed by atoms with E-state index in [9.17, 15) is 5.02 Å². The van der Waals surface area contributed by atoms with Crippen LogP contribution in [0.25, 0.3) is 0 Å². The monoisotopic (exact) mass is 272 g/mol. The van der Waals surface area contributed by atoms with E-state index in [1.165, 1.54) is 36.0 Å². The fraction of sp³-hybridized carbons (Fsp3) is 0.625. The van der Waals surface area contributed by atoms with Gasteiger partial charge in [-0.2, -0.15) is 0 Å². The Labute approximate surface area is 122 Å². The third kappa shape index (κ3) is 3.18. The summed E-state index contributed by atoms with van der Waals surface area (Å²) >= 11 is 0. The van der Waals surface area contributed by atoms with Crippen LogP contribution in [0.2, 0.25) is 6.82 Å². The number of nitrogens with two attached hydrogens (primary N) is 1. The van der Waals surface area contributed by atoms with Crippen molar-refractivity contribution in [3.8, 4) is 0 Å². The van der Waals surface area contributed by atoms with Gasteiger partial charge in [-0.25, -0.2) is 0 Å². The number of anilines is 1. The summed E-state index contributed by atoms with van der Waals surface area (Å²) in [5.41, 5.74) is 11.3. The van der Waals surface area contributed by atoms with Crippen LogP contribution in [0, 0.1) is 5.92 Å². The van der Waals surface area contributed by atoms with E-state index in [4.69, 9.17) is 5.73 Å². The van der Waals surface area contributed by atoms with Crippen molar-refractivity contribution in [1.82, 2.24) is 4.81 Å². The number of nitrogens with zero attached hydrogens (tertiary/aromatic N) is 1. The second-order valence-electron chi connectivity index (χ2n) is 6.47. The highest BCUT2D eigenvalue weighted by atomic mass is 16.2. The Hall–Kier alpha value is -0.995. The van der Waals surface area contributed by atoms with Crippen LogP contribution in [-0.4, -0.2) is 30.0 Å². The smallest absolute Gasteiger partial charge is 0.376 e. The first-order chi connectivity index (χ1) is 9.63. The predicted octanol–water partition coefficient (Wildman–Crippen LogP) is 2.12. The van der Waals surface area contributed by atoms with Gasteiger partial charge in [-0.1, -0.05) is 18.9 Å². The maximum absolute atomic E-state index is 9.74. The summed E-state index contributed by atoms with van der Waals surface area (Å²) in [6.45, 7) is 3.72. The molecule has 1 heterocycles. The first kappa shape index (κ1) is 14.0. The molecular weight excluding hydrogens is 247 g/mol. The zero-order chi connectivity index (χ0) is 14.1. The molecule has 1 saturated carbocycles. The average molecular weight is 272 g/mol. The minimum atomic E-state index is -0.351. The molecule has 0 bridgehead atoms. The molecule has 1 fully saturated rings. The van der Waals surface area contributed by atoms with Crippen LogP contribution in [0.4, 0.5) is 5.69 Å². The Morgan fingerprint density at radius 1 is 1.25 bits per heavy atom. The van der Waals surface area contributed by atoms with Crippen molar-refractivity contribution < 1.29 is 5.02 Å². The number of hydrogen-bond donors (Lipinski definition) is 2. The van der Waals surface area contributed by atoms with E-state index in [0.717, 1.165) is 44.0 Å². The minimum Gasteiger partial charge on any atom is -0.437 e. The van der Waals surface area contributed by atoms with Crippen LogP contribution in [0.1, 0.15) is 36.0 Å². The first-order valence-corrected chi connectivity index (χ1v) is 7.95. The summed E-state index contributed by atoms with van der Waals surface area (Å²) in [6, 6.07) is 4.52. The Balaban J connectivity index is 1.74. The van der Waals surface area contributed by atoms with Gasteiger partial charge in [0.15, 0.2) is 0 Å². The lowest BCUT2D eigenvalue weighted by Crippen LogP contribution is -2.38. The zero-order valence-corrected chi connectivity index (χ0v) is 12.4. The fourth-order valence-corrected chi connectivity index (χ4v) is 3.22. The van der Waals surface area contributed by atoms with Gasteiger partial charge in [0.2, 0.25) is 0 Å². The summed E-state index contributed by atoms with van der Waals surface area (Å²) in [7, 11) is -0.351. The summed E-state index contributed by atoms with van der Waals surface area (Å²) in [5.74, 6) is 0.957. The van der Waals surface area contributed by atoms with E-state index in [0.29, 0.717) is 0 Å². The van der Waals surface area contributed by atoms with Crippen LogP contribution in [0.5, 0.6) is 0 Å². The number of nitrogen functional groups attached to an aromatic ring is 1. The number of benzene rings is 1. The molecule has 0 radical (unpaired) electrons. The van der Waals surface area contributed by atoms with Gasteiger partial charge in [-0.3, -0.25) is 0 Å². The third-order valence-electron chi connectivity index (χ3n) is 4.85. The second-order valence-corrected chi connectivity index (χ2v) is 6.47. The molecule has 0 aromatic heterocycles. The Kier molecular flexibility index (Phi) is 4.04. The largest absolute Gasteiger partial charge is 0.437 e. The molecule has 3 rings (SSSR count). The molecule has 0 saturated heterocycles. The molecular formula is C16H25BN2O. The molecule has 1 aliphatic carbocycles. The molecule has 108 valence electrons. The van der Waals surface area contributed by atoms with Gasteiger partial charge in [0.25, 0.3) is 0 Å². The molecule has 1 aliphatic heterocycles. The standard InChI is InChI=1S/C16H25BN2O/c1-17(20)19-8-6-13-10-15(5-4-12-2-3-12)16(18)11-14(13)7-9-19/h10-12,20H,2-9,18H2,1H3. The molecule has 1 aromatic rings. The van der Waals surface area contributed by atoms with Crippen molar-refractivity contribution in [2.75, 3.05) is 18.8 Å². The van der Waals surface area contributed by atoms with Crippen molar-refractivity contribution in [3.63, 3.8) is 0 Å². The van der Waals surface area contributed by atoms with Crippen LogP contribution < -0.4 is 5.73 Å². The topological polar surface area (TPSA) is 49.5 Å². The highest BCUT2D eigenvalue weighted by Crippen LogP contribution is 2.34. The summed E-state index contributed by atoms with van der Waals surface area (Å²) in [4.78, 5) is 2.14. The maximum atomic E-state index is 9.74. The quantitative estimate of drug-likeness (QED) is 0.652. The normalized spacial score (nSPS) is 19.5. The van der Waals surface area contributed by atoms with Gasteiger partial charge in [-0.05, 0) is 74.3 Å². The highest BCUT2D eigenvalue weighted by Gasteiger charge is 2.23. The predicted molar refractivity (Wildman–Crippen MR) is 84.7 cm³/mol. The molecule has 1 aromatic carbocycles. The maximum Gasteiger partial charge on any atom is 0.376 e. The SMILES string of the molecule is CB(O)N1CCc2cc(N)c(CCC3CC3)cc2CC1. The number of rotatable bonds is 4.